The molecular formula is C12H13N3O2. The average molecular weight is 231 g/mol. The second-order valence-electron chi connectivity index (χ2n) is 3.60. The minimum absolute atomic E-state index is 0.286. The van der Waals surface area contributed by atoms with Gasteiger partial charge in [0.05, 0.1) is 13.7 Å². The monoisotopic (exact) mass is 231 g/mol. The van der Waals surface area contributed by atoms with Crippen molar-refractivity contribution in [3.05, 3.63) is 52.7 Å². The third-order valence-electron chi connectivity index (χ3n) is 2.43. The van der Waals surface area contributed by atoms with Crippen molar-refractivity contribution in [2.75, 3.05) is 12.8 Å². The number of aromatic nitrogens is 2. The van der Waals surface area contributed by atoms with Gasteiger partial charge in [-0.25, -0.2) is 9.78 Å². The Morgan fingerprint density at radius 3 is 3.00 bits per heavy atom. The van der Waals surface area contributed by atoms with E-state index in [4.69, 9.17) is 10.5 Å². The Morgan fingerprint density at radius 2 is 2.29 bits per heavy atom. The standard InChI is InChI=1S/C12H13N3O2/c1-17-11-7-10(13)4-3-9(11)8-15-6-2-5-14-12(15)16/h2-7H,8,13H2,1H3. The van der Waals surface area contributed by atoms with Gasteiger partial charge in [-0.1, -0.05) is 6.07 Å². The van der Waals surface area contributed by atoms with Gasteiger partial charge in [0.15, 0.2) is 0 Å². The Morgan fingerprint density at radius 1 is 1.47 bits per heavy atom. The molecule has 2 rings (SSSR count). The van der Waals surface area contributed by atoms with Gasteiger partial charge in [-0.15, -0.1) is 0 Å². The van der Waals surface area contributed by atoms with Gasteiger partial charge in [-0.3, -0.25) is 4.57 Å². The molecular weight excluding hydrogens is 218 g/mol. The molecule has 5 heteroatoms. The summed E-state index contributed by atoms with van der Waals surface area (Å²) in [6.07, 6.45) is 3.16. The van der Waals surface area contributed by atoms with Crippen LogP contribution in [0.3, 0.4) is 0 Å². The number of rotatable bonds is 3. The minimum atomic E-state index is -0.286. The van der Waals surface area contributed by atoms with Crippen LogP contribution in [0.15, 0.2) is 41.5 Å². The molecule has 0 spiro atoms. The fourth-order valence-electron chi connectivity index (χ4n) is 1.58. The maximum atomic E-state index is 11.5. The second-order valence-corrected chi connectivity index (χ2v) is 3.60. The third-order valence-corrected chi connectivity index (χ3v) is 2.43. The van der Waals surface area contributed by atoms with Crippen LogP contribution in [0.4, 0.5) is 5.69 Å². The fraction of sp³-hybridized carbons (Fsp3) is 0.167. The normalized spacial score (nSPS) is 10.2. The molecule has 0 amide bonds. The Balaban J connectivity index is 2.36. The molecule has 2 aromatic rings. The molecule has 0 atom stereocenters. The van der Waals surface area contributed by atoms with Crippen molar-refractivity contribution in [2.45, 2.75) is 6.54 Å². The molecule has 0 saturated heterocycles. The zero-order chi connectivity index (χ0) is 12.3. The lowest BCUT2D eigenvalue weighted by Gasteiger charge is -2.10. The van der Waals surface area contributed by atoms with Crippen LogP contribution in [0.25, 0.3) is 0 Å². The summed E-state index contributed by atoms with van der Waals surface area (Å²) in [6.45, 7) is 0.413. The smallest absolute Gasteiger partial charge is 0.347 e. The molecule has 0 aliphatic heterocycles. The zero-order valence-corrected chi connectivity index (χ0v) is 9.46. The first kappa shape index (κ1) is 11.2. The molecule has 0 bridgehead atoms. The number of nitrogens with two attached hydrogens (primary N) is 1. The van der Waals surface area contributed by atoms with E-state index in [1.807, 2.05) is 6.07 Å². The summed E-state index contributed by atoms with van der Waals surface area (Å²) < 4.78 is 6.73. The van der Waals surface area contributed by atoms with E-state index in [1.54, 1.807) is 31.5 Å². The van der Waals surface area contributed by atoms with Gasteiger partial charge in [0.2, 0.25) is 0 Å². The van der Waals surface area contributed by atoms with Crippen LogP contribution >= 0.6 is 0 Å². The second kappa shape index (κ2) is 4.69. The van der Waals surface area contributed by atoms with Crippen LogP contribution in [-0.4, -0.2) is 16.7 Å². The number of nitrogens with zero attached hydrogens (tertiary/aromatic N) is 2. The van der Waals surface area contributed by atoms with E-state index in [-0.39, 0.29) is 5.69 Å². The average Bonchev–Trinajstić information content (AvgIpc) is 2.34. The highest BCUT2D eigenvalue weighted by Crippen LogP contribution is 2.21. The topological polar surface area (TPSA) is 70.1 Å². The number of hydrogen-bond donors (Lipinski definition) is 1. The Hall–Kier alpha value is -2.30. The van der Waals surface area contributed by atoms with Crippen LogP contribution in [0.5, 0.6) is 5.75 Å². The van der Waals surface area contributed by atoms with Crippen LogP contribution in [-0.2, 0) is 6.54 Å². The number of methoxy groups -OCH3 is 1. The van der Waals surface area contributed by atoms with Gasteiger partial charge in [-0.2, -0.15) is 0 Å². The summed E-state index contributed by atoms with van der Waals surface area (Å²) in [5.41, 5.74) is 6.89. The van der Waals surface area contributed by atoms with Crippen LogP contribution in [0, 0.1) is 0 Å². The van der Waals surface area contributed by atoms with Gasteiger partial charge in [0.25, 0.3) is 0 Å². The van der Waals surface area contributed by atoms with Crippen molar-refractivity contribution in [1.82, 2.24) is 9.55 Å². The summed E-state index contributed by atoms with van der Waals surface area (Å²) in [6, 6.07) is 7.06. The van der Waals surface area contributed by atoms with E-state index in [1.165, 1.54) is 10.8 Å². The number of nitrogen functional groups attached to an aromatic ring is 1. The van der Waals surface area contributed by atoms with Gasteiger partial charge < -0.3 is 10.5 Å². The molecule has 0 aliphatic rings. The summed E-state index contributed by atoms with van der Waals surface area (Å²) in [4.78, 5) is 15.2. The molecule has 2 N–H and O–H groups in total. The lowest BCUT2D eigenvalue weighted by Crippen LogP contribution is -2.22. The summed E-state index contributed by atoms with van der Waals surface area (Å²) >= 11 is 0. The van der Waals surface area contributed by atoms with Gasteiger partial charge >= 0.3 is 5.69 Å². The van der Waals surface area contributed by atoms with Crippen molar-refractivity contribution >= 4 is 5.69 Å². The molecule has 88 valence electrons. The highest BCUT2D eigenvalue weighted by Gasteiger charge is 2.05. The number of ether oxygens (including phenoxy) is 1. The number of benzene rings is 1. The molecule has 0 unspecified atom stereocenters. The lowest BCUT2D eigenvalue weighted by molar-refractivity contribution is 0.408. The Bertz CT molecular complexity index is 578. The van der Waals surface area contributed by atoms with Crippen molar-refractivity contribution in [3.63, 3.8) is 0 Å². The van der Waals surface area contributed by atoms with Gasteiger partial charge in [0.1, 0.15) is 5.75 Å². The minimum Gasteiger partial charge on any atom is -0.496 e. The van der Waals surface area contributed by atoms with Crippen LogP contribution < -0.4 is 16.2 Å². The van der Waals surface area contributed by atoms with Crippen molar-refractivity contribution in [3.8, 4) is 5.75 Å². The van der Waals surface area contributed by atoms with Crippen molar-refractivity contribution in [2.24, 2.45) is 0 Å². The van der Waals surface area contributed by atoms with Gasteiger partial charge in [-0.05, 0) is 12.1 Å². The molecule has 0 aliphatic carbocycles. The zero-order valence-electron chi connectivity index (χ0n) is 9.46. The first-order valence-corrected chi connectivity index (χ1v) is 5.14. The fourth-order valence-corrected chi connectivity index (χ4v) is 1.58. The van der Waals surface area contributed by atoms with E-state index in [2.05, 4.69) is 4.98 Å². The highest BCUT2D eigenvalue weighted by molar-refractivity contribution is 5.48. The van der Waals surface area contributed by atoms with Crippen LogP contribution in [0.2, 0.25) is 0 Å². The van der Waals surface area contributed by atoms with E-state index in [9.17, 15) is 4.79 Å². The summed E-state index contributed by atoms with van der Waals surface area (Å²) in [5.74, 6) is 0.667. The first-order chi connectivity index (χ1) is 8.20. The molecule has 17 heavy (non-hydrogen) atoms. The van der Waals surface area contributed by atoms with E-state index >= 15 is 0 Å². The third kappa shape index (κ3) is 2.44. The summed E-state index contributed by atoms with van der Waals surface area (Å²) in [5, 5.41) is 0. The largest absolute Gasteiger partial charge is 0.496 e. The molecule has 1 aromatic heterocycles. The molecule has 0 saturated carbocycles. The predicted octanol–water partition coefficient (Wildman–Crippen LogP) is 0.882. The summed E-state index contributed by atoms with van der Waals surface area (Å²) in [7, 11) is 1.57. The number of hydrogen-bond acceptors (Lipinski definition) is 4. The van der Waals surface area contributed by atoms with E-state index < -0.39 is 0 Å². The Kier molecular flexibility index (Phi) is 3.09. The van der Waals surface area contributed by atoms with E-state index in [0.717, 1.165) is 5.56 Å². The lowest BCUT2D eigenvalue weighted by atomic mass is 10.2. The van der Waals surface area contributed by atoms with Crippen molar-refractivity contribution in [1.29, 1.82) is 0 Å². The maximum Gasteiger partial charge on any atom is 0.347 e. The SMILES string of the molecule is COc1cc(N)ccc1Cn1cccnc1=O. The molecule has 1 aromatic carbocycles. The highest BCUT2D eigenvalue weighted by atomic mass is 16.5. The van der Waals surface area contributed by atoms with E-state index in [0.29, 0.717) is 18.0 Å². The number of anilines is 1. The first-order valence-electron chi connectivity index (χ1n) is 5.14. The molecule has 0 radical (unpaired) electrons. The maximum absolute atomic E-state index is 11.5. The molecule has 1 heterocycles. The molecule has 0 fully saturated rings. The van der Waals surface area contributed by atoms with Crippen molar-refractivity contribution < 1.29 is 4.74 Å². The quantitative estimate of drug-likeness (QED) is 0.796. The van der Waals surface area contributed by atoms with Gasteiger partial charge in [0, 0.05) is 29.7 Å². The predicted molar refractivity (Wildman–Crippen MR) is 65.0 cm³/mol. The molecule has 5 nitrogen and oxygen atoms in total. The van der Waals surface area contributed by atoms with Crippen LogP contribution in [0.1, 0.15) is 5.56 Å². The Labute approximate surface area is 98.5 Å².